The van der Waals surface area contributed by atoms with Crippen LogP contribution in [0.15, 0.2) is 48.5 Å². The molecule has 2 atom stereocenters. The quantitative estimate of drug-likeness (QED) is 0.0957. The van der Waals surface area contributed by atoms with Crippen LogP contribution < -0.4 is 5.32 Å². The minimum atomic E-state index is -4.73. The minimum absolute atomic E-state index is 0.0285. The average molecular weight is 768 g/mol. The van der Waals surface area contributed by atoms with Crippen molar-refractivity contribution in [1.29, 1.82) is 0 Å². The van der Waals surface area contributed by atoms with Gasteiger partial charge in [-0.2, -0.15) is 26.3 Å². The lowest BCUT2D eigenvalue weighted by Crippen LogP contribution is -2.49. The highest BCUT2D eigenvalue weighted by Crippen LogP contribution is 2.35. The summed E-state index contributed by atoms with van der Waals surface area (Å²) >= 11 is 0. The molecule has 2 saturated heterocycles. The molecule has 54 heavy (non-hydrogen) atoms. The molecule has 0 aliphatic carbocycles. The molecule has 2 aliphatic rings. The highest BCUT2D eigenvalue weighted by atomic mass is 19.4. The van der Waals surface area contributed by atoms with Gasteiger partial charge in [0, 0.05) is 30.6 Å². The first kappa shape index (κ1) is 43.9. The Hall–Kier alpha value is -2.79. The van der Waals surface area contributed by atoms with E-state index in [-0.39, 0.29) is 41.7 Å². The largest absolute Gasteiger partial charge is 0.416 e. The second-order valence-corrected chi connectivity index (χ2v) is 15.5. The van der Waals surface area contributed by atoms with E-state index in [1.54, 1.807) is 0 Å². The van der Waals surface area contributed by atoms with E-state index in [9.17, 15) is 31.1 Å². The average Bonchev–Trinajstić information content (AvgIpc) is 3.16. The van der Waals surface area contributed by atoms with Crippen LogP contribution in [-0.2, 0) is 22.3 Å². The maximum Gasteiger partial charge on any atom is 0.416 e. The number of ether oxygens (including phenoxy) is 1. The molecule has 0 aromatic heterocycles. The molecule has 0 spiro atoms. The zero-order valence-electron chi connectivity index (χ0n) is 32.3. The Bertz CT molecular complexity index is 1350. The number of alkyl halides is 6. The van der Waals surface area contributed by atoms with E-state index in [2.05, 4.69) is 17.1 Å². The van der Waals surface area contributed by atoms with Gasteiger partial charge in [-0.05, 0) is 74.6 Å². The lowest BCUT2D eigenvalue weighted by atomic mass is 9.86. The summed E-state index contributed by atoms with van der Waals surface area (Å²) in [6.45, 7) is 4.46. The molecule has 2 aromatic carbocycles. The van der Waals surface area contributed by atoms with Gasteiger partial charge >= 0.3 is 12.4 Å². The van der Waals surface area contributed by atoms with Crippen LogP contribution in [-0.4, -0.2) is 67.3 Å². The van der Waals surface area contributed by atoms with Crippen LogP contribution in [0.1, 0.15) is 139 Å². The molecule has 304 valence electrons. The summed E-state index contributed by atoms with van der Waals surface area (Å²) in [7, 11) is 0. The number of halogens is 6. The topological polar surface area (TPSA) is 44.8 Å². The molecule has 1 N–H and O–H groups in total. The Labute approximate surface area is 319 Å². The van der Waals surface area contributed by atoms with Crippen LogP contribution in [0.25, 0.3) is 0 Å². The highest BCUT2D eigenvalue weighted by Gasteiger charge is 2.37. The molecule has 11 heteroatoms. The predicted octanol–water partition coefficient (Wildman–Crippen LogP) is 11.8. The number of rotatable bonds is 22. The molecular formula is C43H63F6N3O2. The summed E-state index contributed by atoms with van der Waals surface area (Å²) in [4.78, 5) is 18.2. The summed E-state index contributed by atoms with van der Waals surface area (Å²) in [5.74, 6) is -0.0686. The fourth-order valence-electron chi connectivity index (χ4n) is 7.99. The number of hydrogen-bond donors (Lipinski definition) is 1. The van der Waals surface area contributed by atoms with E-state index in [1.165, 1.54) is 96.0 Å². The Morgan fingerprint density at radius 2 is 1.35 bits per heavy atom. The molecule has 2 aliphatic heterocycles. The van der Waals surface area contributed by atoms with Crippen molar-refractivity contribution in [3.8, 4) is 0 Å². The second-order valence-electron chi connectivity index (χ2n) is 15.5. The van der Waals surface area contributed by atoms with Crippen molar-refractivity contribution < 1.29 is 35.9 Å². The number of amides is 1. The third-order valence-electron chi connectivity index (χ3n) is 11.1. The number of carbonyl (C=O) groups excluding carboxylic acids is 1. The number of piperidine rings is 2. The maximum absolute atomic E-state index is 13.8. The van der Waals surface area contributed by atoms with Crippen LogP contribution in [0.5, 0.6) is 0 Å². The molecule has 0 saturated carbocycles. The van der Waals surface area contributed by atoms with Crippen molar-refractivity contribution in [2.75, 3.05) is 44.6 Å². The van der Waals surface area contributed by atoms with Gasteiger partial charge < -0.3 is 19.9 Å². The van der Waals surface area contributed by atoms with Crippen molar-refractivity contribution in [2.45, 2.75) is 147 Å². The van der Waals surface area contributed by atoms with Crippen molar-refractivity contribution in [2.24, 2.45) is 5.92 Å². The summed E-state index contributed by atoms with van der Waals surface area (Å²) in [6.07, 6.45) is 11.3. The van der Waals surface area contributed by atoms with Crippen LogP contribution in [0.3, 0.4) is 0 Å². The molecule has 2 heterocycles. The first-order valence-electron chi connectivity index (χ1n) is 20.6. The molecule has 5 nitrogen and oxygen atoms in total. The Balaban J connectivity index is 1.19. The zero-order valence-corrected chi connectivity index (χ0v) is 32.3. The van der Waals surface area contributed by atoms with Gasteiger partial charge in [0.05, 0.1) is 18.3 Å². The van der Waals surface area contributed by atoms with Crippen LogP contribution in [0.4, 0.5) is 32.0 Å². The number of nitrogens with one attached hydrogen (secondary N) is 1. The number of likely N-dealkylation sites (tertiary alicyclic amines) is 2. The summed E-state index contributed by atoms with van der Waals surface area (Å²) in [6, 6.07) is 12.5. The smallest absolute Gasteiger partial charge is 0.376 e. The SMILES string of the molecule is CCCCCCCCCCCCCCCCN1CCC(C(=O)N2CC[C@@H](OCc3cc(NCC(F)(F)F)cc(C(F)(F)F)c3)[C@@H](c3ccccc3)C2)CC1. The Morgan fingerprint density at radius 1 is 0.759 bits per heavy atom. The Kier molecular flexibility index (Phi) is 18.5. The maximum atomic E-state index is 13.8. The number of anilines is 1. The van der Waals surface area contributed by atoms with Crippen LogP contribution >= 0.6 is 0 Å². The standard InChI is InChI=1S/C43H63F6N3O2/c1-2-3-4-5-6-7-8-9-10-11-12-13-14-18-24-51-25-21-36(22-26-51)41(53)52-27-23-40(39(31-52)35-19-16-15-17-20-35)54-32-34-28-37(43(47,48)49)30-38(29-34)50-33-42(44,45)46/h15-17,19-20,28-30,36,39-40,50H,2-14,18,21-27,31-33H2,1H3/t39-,40-/m1/s1. The van der Waals surface area contributed by atoms with Gasteiger partial charge in [-0.25, -0.2) is 0 Å². The molecule has 4 rings (SSSR count). The number of carbonyl (C=O) groups is 1. The number of unbranched alkanes of at least 4 members (excludes halogenated alkanes) is 13. The summed E-state index contributed by atoms with van der Waals surface area (Å²) < 4.78 is 85.5. The van der Waals surface area contributed by atoms with Gasteiger partial charge in [-0.1, -0.05) is 121 Å². The van der Waals surface area contributed by atoms with E-state index in [0.29, 0.717) is 25.6 Å². The minimum Gasteiger partial charge on any atom is -0.376 e. The lowest BCUT2D eigenvalue weighted by Gasteiger charge is -2.41. The van der Waals surface area contributed by atoms with Crippen LogP contribution in [0.2, 0.25) is 0 Å². The third-order valence-corrected chi connectivity index (χ3v) is 11.1. The fourth-order valence-corrected chi connectivity index (χ4v) is 7.99. The number of hydrogen-bond acceptors (Lipinski definition) is 4. The van der Waals surface area contributed by atoms with E-state index >= 15 is 0 Å². The molecular weight excluding hydrogens is 704 g/mol. The monoisotopic (exact) mass is 767 g/mol. The van der Waals surface area contributed by atoms with Gasteiger partial charge in [0.15, 0.2) is 0 Å². The molecule has 0 radical (unpaired) electrons. The van der Waals surface area contributed by atoms with Gasteiger partial charge in [0.2, 0.25) is 5.91 Å². The Morgan fingerprint density at radius 3 is 1.93 bits per heavy atom. The van der Waals surface area contributed by atoms with Crippen molar-refractivity contribution in [3.63, 3.8) is 0 Å². The molecule has 0 unspecified atom stereocenters. The van der Waals surface area contributed by atoms with Crippen molar-refractivity contribution in [3.05, 3.63) is 65.2 Å². The van der Waals surface area contributed by atoms with E-state index in [0.717, 1.165) is 44.1 Å². The molecule has 2 aromatic rings. The third kappa shape index (κ3) is 15.8. The van der Waals surface area contributed by atoms with Gasteiger partial charge in [-0.3, -0.25) is 4.79 Å². The van der Waals surface area contributed by atoms with Crippen molar-refractivity contribution in [1.82, 2.24) is 9.80 Å². The van der Waals surface area contributed by atoms with Crippen molar-refractivity contribution >= 4 is 11.6 Å². The number of benzene rings is 2. The predicted molar refractivity (Wildman–Crippen MR) is 204 cm³/mol. The van der Waals surface area contributed by atoms with E-state index in [4.69, 9.17) is 4.74 Å². The fraction of sp³-hybridized carbons (Fsp3) is 0.698. The van der Waals surface area contributed by atoms with E-state index < -0.39 is 24.5 Å². The molecule has 1 amide bonds. The zero-order chi connectivity index (χ0) is 38.8. The number of nitrogens with zero attached hydrogens (tertiary/aromatic N) is 2. The summed E-state index contributed by atoms with van der Waals surface area (Å²) in [5, 5.41) is 2.06. The van der Waals surface area contributed by atoms with Gasteiger partial charge in [0.1, 0.15) is 6.54 Å². The molecule has 0 bridgehead atoms. The van der Waals surface area contributed by atoms with Gasteiger partial charge in [0.25, 0.3) is 0 Å². The molecule has 2 fully saturated rings. The lowest BCUT2D eigenvalue weighted by molar-refractivity contribution is -0.140. The first-order valence-corrected chi connectivity index (χ1v) is 20.6. The summed E-state index contributed by atoms with van der Waals surface area (Å²) in [5.41, 5.74) is -0.217. The van der Waals surface area contributed by atoms with E-state index in [1.807, 2.05) is 35.2 Å². The first-order chi connectivity index (χ1) is 25.9. The van der Waals surface area contributed by atoms with Gasteiger partial charge in [-0.15, -0.1) is 0 Å². The van der Waals surface area contributed by atoms with Crippen LogP contribution in [0, 0.1) is 5.92 Å². The highest BCUT2D eigenvalue weighted by molar-refractivity contribution is 5.79. The second kappa shape index (κ2) is 22.7. The normalized spacial score (nSPS) is 19.0.